The summed E-state index contributed by atoms with van der Waals surface area (Å²) in [4.78, 5) is 13.3. The number of rotatable bonds is 4. The first-order valence-electron chi connectivity index (χ1n) is 8.24. The number of hydrogen-bond acceptors (Lipinski definition) is 6. The normalized spacial score (nSPS) is 22.8. The zero-order valence-corrected chi connectivity index (χ0v) is 14.4. The summed E-state index contributed by atoms with van der Waals surface area (Å²) in [6, 6.07) is 9.62. The zero-order chi connectivity index (χ0) is 17.4. The molecule has 0 spiro atoms. The van der Waals surface area contributed by atoms with Crippen molar-refractivity contribution in [2.75, 3.05) is 5.73 Å². The van der Waals surface area contributed by atoms with Crippen molar-refractivity contribution in [3.8, 4) is 0 Å². The van der Waals surface area contributed by atoms with Crippen molar-refractivity contribution in [2.45, 2.75) is 24.8 Å². The average molecular weight is 355 g/mol. The van der Waals surface area contributed by atoms with Crippen LogP contribution < -0.4 is 16.8 Å². The summed E-state index contributed by atoms with van der Waals surface area (Å²) < 4.78 is 0. The second kappa shape index (κ2) is 6.04. The van der Waals surface area contributed by atoms with Crippen molar-refractivity contribution in [1.82, 2.24) is 15.3 Å². The SMILES string of the molecule is NC1=NC(CC2CC2)(c2ccc(Cl)cc2)C(c2ccnc(N)n2)=CN1. The van der Waals surface area contributed by atoms with E-state index in [0.29, 0.717) is 16.9 Å². The summed E-state index contributed by atoms with van der Waals surface area (Å²) in [5.41, 5.74) is 14.0. The minimum atomic E-state index is -0.609. The van der Waals surface area contributed by atoms with E-state index in [4.69, 9.17) is 28.1 Å². The Morgan fingerprint density at radius 3 is 2.60 bits per heavy atom. The predicted molar refractivity (Wildman–Crippen MR) is 99.7 cm³/mol. The van der Waals surface area contributed by atoms with Gasteiger partial charge >= 0.3 is 0 Å². The van der Waals surface area contributed by atoms with Crippen LogP contribution in [0.3, 0.4) is 0 Å². The van der Waals surface area contributed by atoms with E-state index in [1.54, 1.807) is 6.20 Å². The molecule has 2 aromatic rings. The highest BCUT2D eigenvalue weighted by Crippen LogP contribution is 2.50. The van der Waals surface area contributed by atoms with Gasteiger partial charge in [-0.25, -0.2) is 15.0 Å². The van der Waals surface area contributed by atoms with Crippen molar-refractivity contribution in [3.63, 3.8) is 0 Å². The first-order chi connectivity index (χ1) is 12.1. The number of aliphatic imine (C=N–C) groups is 1. The Morgan fingerprint density at radius 2 is 1.92 bits per heavy atom. The number of halogens is 1. The molecule has 2 aliphatic rings. The molecule has 2 heterocycles. The Balaban J connectivity index is 1.89. The Morgan fingerprint density at radius 1 is 1.16 bits per heavy atom. The molecule has 7 heteroatoms. The molecule has 1 aliphatic heterocycles. The molecule has 0 radical (unpaired) electrons. The number of guanidine groups is 1. The van der Waals surface area contributed by atoms with Gasteiger partial charge in [-0.05, 0) is 36.1 Å². The van der Waals surface area contributed by atoms with Crippen LogP contribution in [0.2, 0.25) is 5.02 Å². The van der Waals surface area contributed by atoms with Crippen LogP contribution in [0.25, 0.3) is 5.57 Å². The fraction of sp³-hybridized carbons (Fsp3) is 0.278. The molecular weight excluding hydrogens is 336 g/mol. The minimum Gasteiger partial charge on any atom is -0.370 e. The Kier molecular flexibility index (Phi) is 3.84. The standard InChI is InChI=1S/C18H19ClN6/c19-13-5-3-12(4-6-13)18(9-11-1-2-11)14(10-23-17(21)25-18)15-7-8-22-16(20)24-15/h3-8,10-11H,1-2,9H2,(H2,20,22,24)(H3,21,23,25). The average Bonchev–Trinajstić information content (AvgIpc) is 3.39. The van der Waals surface area contributed by atoms with Gasteiger partial charge < -0.3 is 16.8 Å². The zero-order valence-electron chi connectivity index (χ0n) is 13.6. The summed E-state index contributed by atoms with van der Waals surface area (Å²) in [7, 11) is 0. The first kappa shape index (κ1) is 15.9. The van der Waals surface area contributed by atoms with Gasteiger partial charge in [-0.15, -0.1) is 0 Å². The van der Waals surface area contributed by atoms with Gasteiger partial charge in [0, 0.05) is 23.0 Å². The summed E-state index contributed by atoms with van der Waals surface area (Å²) in [5, 5.41) is 3.71. The van der Waals surface area contributed by atoms with Crippen LogP contribution in [-0.4, -0.2) is 15.9 Å². The number of nitrogens with two attached hydrogens (primary N) is 2. The molecule has 5 N–H and O–H groups in total. The molecule has 0 amide bonds. The van der Waals surface area contributed by atoms with Crippen LogP contribution in [0.4, 0.5) is 5.95 Å². The number of nitrogens with one attached hydrogen (secondary N) is 1. The molecule has 1 aliphatic carbocycles. The van der Waals surface area contributed by atoms with Gasteiger partial charge in [0.15, 0.2) is 5.96 Å². The smallest absolute Gasteiger partial charge is 0.220 e. The quantitative estimate of drug-likeness (QED) is 0.783. The van der Waals surface area contributed by atoms with Gasteiger partial charge in [-0.3, -0.25) is 0 Å². The van der Waals surface area contributed by atoms with E-state index in [-0.39, 0.29) is 5.95 Å². The highest BCUT2D eigenvalue weighted by Gasteiger charge is 2.44. The summed E-state index contributed by atoms with van der Waals surface area (Å²) >= 11 is 6.09. The van der Waals surface area contributed by atoms with E-state index < -0.39 is 5.54 Å². The third-order valence-electron chi connectivity index (χ3n) is 4.67. The van der Waals surface area contributed by atoms with Crippen LogP contribution in [0, 0.1) is 5.92 Å². The second-order valence-electron chi connectivity index (χ2n) is 6.51. The largest absolute Gasteiger partial charge is 0.370 e. The molecule has 1 aromatic heterocycles. The molecule has 6 nitrogen and oxygen atoms in total. The van der Waals surface area contributed by atoms with E-state index in [9.17, 15) is 0 Å². The van der Waals surface area contributed by atoms with Crippen molar-refractivity contribution in [3.05, 3.63) is 59.0 Å². The molecular formula is C18H19ClN6. The molecule has 1 saturated carbocycles. The van der Waals surface area contributed by atoms with Gasteiger partial charge in [-0.1, -0.05) is 36.6 Å². The van der Waals surface area contributed by atoms with Crippen LogP contribution in [-0.2, 0) is 5.54 Å². The lowest BCUT2D eigenvalue weighted by molar-refractivity contribution is 0.486. The first-order valence-corrected chi connectivity index (χ1v) is 8.62. The van der Waals surface area contributed by atoms with E-state index in [1.807, 2.05) is 36.5 Å². The van der Waals surface area contributed by atoms with Crippen molar-refractivity contribution in [2.24, 2.45) is 16.6 Å². The van der Waals surface area contributed by atoms with E-state index in [2.05, 4.69) is 15.3 Å². The molecule has 25 heavy (non-hydrogen) atoms. The molecule has 1 fully saturated rings. The lowest BCUT2D eigenvalue weighted by Crippen LogP contribution is -2.40. The minimum absolute atomic E-state index is 0.234. The van der Waals surface area contributed by atoms with Crippen molar-refractivity contribution < 1.29 is 0 Å². The summed E-state index contributed by atoms with van der Waals surface area (Å²) in [6.07, 6.45) is 6.81. The monoisotopic (exact) mass is 354 g/mol. The fourth-order valence-corrected chi connectivity index (χ4v) is 3.46. The highest BCUT2D eigenvalue weighted by molar-refractivity contribution is 6.30. The molecule has 0 bridgehead atoms. The number of nitrogens with zero attached hydrogens (tertiary/aromatic N) is 3. The maximum atomic E-state index is 6.09. The van der Waals surface area contributed by atoms with Gasteiger partial charge in [0.25, 0.3) is 0 Å². The topological polar surface area (TPSA) is 102 Å². The van der Waals surface area contributed by atoms with Crippen molar-refractivity contribution >= 4 is 29.1 Å². The van der Waals surface area contributed by atoms with E-state index >= 15 is 0 Å². The van der Waals surface area contributed by atoms with Crippen LogP contribution in [0.1, 0.15) is 30.5 Å². The molecule has 1 unspecified atom stereocenters. The van der Waals surface area contributed by atoms with Gasteiger partial charge in [0.05, 0.1) is 5.69 Å². The number of benzene rings is 1. The van der Waals surface area contributed by atoms with Gasteiger partial charge in [0.2, 0.25) is 5.95 Å². The molecule has 128 valence electrons. The lowest BCUT2D eigenvalue weighted by atomic mass is 9.77. The van der Waals surface area contributed by atoms with Crippen LogP contribution in [0.5, 0.6) is 0 Å². The van der Waals surface area contributed by atoms with E-state index in [1.165, 1.54) is 12.8 Å². The number of anilines is 1. The number of aromatic nitrogens is 2. The van der Waals surface area contributed by atoms with Crippen LogP contribution >= 0.6 is 11.6 Å². The van der Waals surface area contributed by atoms with Gasteiger partial charge in [-0.2, -0.15) is 0 Å². The maximum Gasteiger partial charge on any atom is 0.220 e. The Bertz CT molecular complexity index is 856. The third-order valence-corrected chi connectivity index (χ3v) is 4.93. The number of nitrogen functional groups attached to an aromatic ring is 1. The maximum absolute atomic E-state index is 6.09. The second-order valence-corrected chi connectivity index (χ2v) is 6.95. The Hall–Kier alpha value is -2.60. The van der Waals surface area contributed by atoms with Crippen molar-refractivity contribution in [1.29, 1.82) is 0 Å². The lowest BCUT2D eigenvalue weighted by Gasteiger charge is -2.36. The van der Waals surface area contributed by atoms with Gasteiger partial charge in [0.1, 0.15) is 5.54 Å². The summed E-state index contributed by atoms with van der Waals surface area (Å²) in [6.45, 7) is 0. The fourth-order valence-electron chi connectivity index (χ4n) is 3.33. The van der Waals surface area contributed by atoms with Crippen LogP contribution in [0.15, 0.2) is 47.7 Å². The highest BCUT2D eigenvalue weighted by atomic mass is 35.5. The summed E-state index contributed by atoms with van der Waals surface area (Å²) in [5.74, 6) is 1.24. The Labute approximate surface area is 151 Å². The molecule has 4 rings (SSSR count). The molecule has 0 saturated heterocycles. The molecule has 1 aromatic carbocycles. The predicted octanol–water partition coefficient (Wildman–Crippen LogP) is 2.67. The molecule has 1 atom stereocenters. The third kappa shape index (κ3) is 3.05. The number of hydrogen-bond donors (Lipinski definition) is 3. The van der Waals surface area contributed by atoms with E-state index in [0.717, 1.165) is 23.3 Å².